The van der Waals surface area contributed by atoms with Crippen molar-refractivity contribution in [2.75, 3.05) is 18.1 Å². The Kier molecular flexibility index (Phi) is 6.30. The number of rotatable bonds is 5. The Morgan fingerprint density at radius 1 is 1.14 bits per heavy atom. The van der Waals surface area contributed by atoms with Gasteiger partial charge in [-0.1, -0.05) is 17.7 Å². The molecule has 9 nitrogen and oxygen atoms in total. The summed E-state index contributed by atoms with van der Waals surface area (Å²) in [7, 11) is -6.91. The molecule has 1 aromatic rings. The van der Waals surface area contributed by atoms with Gasteiger partial charge in [-0.3, -0.25) is 20.4 Å². The van der Waals surface area contributed by atoms with Crippen LogP contribution < -0.4 is 10.9 Å². The first-order valence-corrected chi connectivity index (χ1v) is 12.7. The van der Waals surface area contributed by atoms with Gasteiger partial charge in [0, 0.05) is 13.0 Å². The summed E-state index contributed by atoms with van der Waals surface area (Å²) in [5.74, 6) is -1.32. The second-order valence-electron chi connectivity index (χ2n) is 7.60. The lowest BCUT2D eigenvalue weighted by molar-refractivity contribution is -0.131. The van der Waals surface area contributed by atoms with E-state index in [1.54, 1.807) is 12.1 Å². The minimum Gasteiger partial charge on any atom is -0.273 e. The van der Waals surface area contributed by atoms with Crippen molar-refractivity contribution >= 4 is 31.7 Å². The first-order chi connectivity index (χ1) is 13.6. The van der Waals surface area contributed by atoms with E-state index in [9.17, 15) is 26.4 Å². The van der Waals surface area contributed by atoms with Crippen molar-refractivity contribution in [3.63, 3.8) is 0 Å². The van der Waals surface area contributed by atoms with E-state index in [1.165, 1.54) is 12.1 Å². The lowest BCUT2D eigenvalue weighted by atomic mass is 10.1. The van der Waals surface area contributed by atoms with Gasteiger partial charge in [0.15, 0.2) is 9.84 Å². The summed E-state index contributed by atoms with van der Waals surface area (Å²) in [5.41, 5.74) is 5.49. The molecule has 160 valence electrons. The second kappa shape index (κ2) is 8.41. The molecule has 2 fully saturated rings. The number of carbonyl (C=O) groups excluding carboxylic acids is 2. The number of sulfone groups is 1. The molecule has 0 bridgehead atoms. The number of amides is 2. The quantitative estimate of drug-likeness (QED) is 0.622. The molecule has 2 saturated heterocycles. The predicted molar refractivity (Wildman–Crippen MR) is 106 cm³/mol. The van der Waals surface area contributed by atoms with Gasteiger partial charge in [0.2, 0.25) is 15.9 Å². The Labute approximate surface area is 170 Å². The number of carbonyl (C=O) groups is 2. The SMILES string of the molecule is Cc1ccc(S(=O)(=O)N2CCC[C@H]2C(=O)NNC(=O)CC2CCS(=O)(=O)C2)cc1. The van der Waals surface area contributed by atoms with Crippen LogP contribution in [-0.2, 0) is 29.4 Å². The van der Waals surface area contributed by atoms with Crippen molar-refractivity contribution in [3.8, 4) is 0 Å². The molecule has 0 saturated carbocycles. The number of sulfonamides is 1. The highest BCUT2D eigenvalue weighted by atomic mass is 32.2. The van der Waals surface area contributed by atoms with Gasteiger partial charge in [-0.15, -0.1) is 0 Å². The van der Waals surface area contributed by atoms with E-state index in [-0.39, 0.29) is 35.3 Å². The fraction of sp³-hybridized carbons (Fsp3) is 0.556. The third kappa shape index (κ3) is 5.14. The number of nitrogens with zero attached hydrogens (tertiary/aromatic N) is 1. The first kappa shape index (κ1) is 21.7. The Morgan fingerprint density at radius 2 is 1.83 bits per heavy atom. The molecule has 2 aliphatic rings. The van der Waals surface area contributed by atoms with Gasteiger partial charge in [-0.2, -0.15) is 4.31 Å². The predicted octanol–water partition coefficient (Wildman–Crippen LogP) is 0.120. The molecular formula is C18H25N3O6S2. The number of benzene rings is 1. The molecule has 0 aromatic heterocycles. The zero-order valence-corrected chi connectivity index (χ0v) is 17.8. The second-order valence-corrected chi connectivity index (χ2v) is 11.7. The van der Waals surface area contributed by atoms with Crippen LogP contribution in [0.25, 0.3) is 0 Å². The third-order valence-electron chi connectivity index (χ3n) is 5.26. The van der Waals surface area contributed by atoms with Crippen molar-refractivity contribution in [2.24, 2.45) is 5.92 Å². The molecule has 1 aromatic carbocycles. The van der Waals surface area contributed by atoms with Crippen LogP contribution in [0.3, 0.4) is 0 Å². The van der Waals surface area contributed by atoms with Crippen molar-refractivity contribution < 1.29 is 26.4 Å². The summed E-state index contributed by atoms with van der Waals surface area (Å²) < 4.78 is 49.9. The number of hydrazine groups is 1. The largest absolute Gasteiger partial charge is 0.273 e. The minimum atomic E-state index is -3.83. The van der Waals surface area contributed by atoms with Crippen molar-refractivity contribution in [1.82, 2.24) is 15.2 Å². The standard InChI is InChI=1S/C18H25N3O6S2/c1-13-4-6-15(7-5-13)29(26,27)21-9-2-3-16(21)18(23)20-19-17(22)11-14-8-10-28(24,25)12-14/h4-7,14,16H,2-3,8-12H2,1H3,(H,19,22)(H,20,23)/t14?,16-/m0/s1. The van der Waals surface area contributed by atoms with Gasteiger partial charge in [0.25, 0.3) is 5.91 Å². The van der Waals surface area contributed by atoms with Crippen molar-refractivity contribution in [1.29, 1.82) is 0 Å². The molecule has 29 heavy (non-hydrogen) atoms. The van der Waals surface area contributed by atoms with Gasteiger partial charge >= 0.3 is 0 Å². The van der Waals surface area contributed by atoms with Crippen LogP contribution in [0.15, 0.2) is 29.2 Å². The zero-order chi connectivity index (χ0) is 21.2. The fourth-order valence-electron chi connectivity index (χ4n) is 3.70. The van der Waals surface area contributed by atoms with E-state index >= 15 is 0 Å². The molecule has 0 radical (unpaired) electrons. The van der Waals surface area contributed by atoms with Crippen LogP contribution in [0.5, 0.6) is 0 Å². The number of hydrogen-bond donors (Lipinski definition) is 2. The van der Waals surface area contributed by atoms with Gasteiger partial charge in [-0.25, -0.2) is 16.8 Å². The zero-order valence-electron chi connectivity index (χ0n) is 16.1. The fourth-order valence-corrected chi connectivity index (χ4v) is 7.21. The number of nitrogens with one attached hydrogen (secondary N) is 2. The van der Waals surface area contributed by atoms with Crippen LogP contribution in [-0.4, -0.2) is 57.0 Å². The molecule has 0 aliphatic carbocycles. The summed E-state index contributed by atoms with van der Waals surface area (Å²) in [6.45, 7) is 2.08. The highest BCUT2D eigenvalue weighted by molar-refractivity contribution is 7.91. The Bertz CT molecular complexity index is 989. The average Bonchev–Trinajstić information content (AvgIpc) is 3.27. The smallest absolute Gasteiger partial charge is 0.256 e. The van der Waals surface area contributed by atoms with Crippen LogP contribution >= 0.6 is 0 Å². The third-order valence-corrected chi connectivity index (χ3v) is 9.02. The van der Waals surface area contributed by atoms with Gasteiger partial charge < -0.3 is 0 Å². The van der Waals surface area contributed by atoms with Crippen LogP contribution in [0, 0.1) is 12.8 Å². The summed E-state index contributed by atoms with van der Waals surface area (Å²) in [6.07, 6.45) is 1.31. The molecule has 11 heteroatoms. The maximum atomic E-state index is 12.9. The molecular weight excluding hydrogens is 418 g/mol. The lowest BCUT2D eigenvalue weighted by Crippen LogP contribution is -2.51. The van der Waals surface area contributed by atoms with Crippen LogP contribution in [0.1, 0.15) is 31.2 Å². The van der Waals surface area contributed by atoms with Gasteiger partial charge in [0.05, 0.1) is 16.4 Å². The molecule has 2 amide bonds. The van der Waals surface area contributed by atoms with Crippen molar-refractivity contribution in [3.05, 3.63) is 29.8 Å². The molecule has 3 rings (SSSR count). The maximum absolute atomic E-state index is 12.9. The topological polar surface area (TPSA) is 130 Å². The van der Waals surface area contributed by atoms with E-state index in [4.69, 9.17) is 0 Å². The van der Waals surface area contributed by atoms with Crippen LogP contribution in [0.2, 0.25) is 0 Å². The number of hydrogen-bond acceptors (Lipinski definition) is 6. The average molecular weight is 444 g/mol. The van der Waals surface area contributed by atoms with E-state index in [1.807, 2.05) is 6.92 Å². The summed E-state index contributed by atoms with van der Waals surface area (Å²) in [6, 6.07) is 5.50. The van der Waals surface area contributed by atoms with Gasteiger partial charge in [-0.05, 0) is 44.2 Å². The Balaban J connectivity index is 1.58. The van der Waals surface area contributed by atoms with Crippen molar-refractivity contribution in [2.45, 2.75) is 43.5 Å². The first-order valence-electron chi connectivity index (χ1n) is 9.46. The highest BCUT2D eigenvalue weighted by Crippen LogP contribution is 2.26. The minimum absolute atomic E-state index is 0.00441. The van der Waals surface area contributed by atoms with E-state index < -0.39 is 37.7 Å². The molecule has 2 aliphatic heterocycles. The molecule has 0 spiro atoms. The lowest BCUT2D eigenvalue weighted by Gasteiger charge is -2.23. The summed E-state index contributed by atoms with van der Waals surface area (Å²) >= 11 is 0. The molecule has 2 heterocycles. The maximum Gasteiger partial charge on any atom is 0.256 e. The van der Waals surface area contributed by atoms with E-state index in [2.05, 4.69) is 10.9 Å². The summed E-state index contributed by atoms with van der Waals surface area (Å²) in [5, 5.41) is 0. The molecule has 1 unspecified atom stereocenters. The Morgan fingerprint density at radius 3 is 2.45 bits per heavy atom. The van der Waals surface area contributed by atoms with E-state index in [0.29, 0.717) is 19.3 Å². The summed E-state index contributed by atoms with van der Waals surface area (Å²) in [4.78, 5) is 24.6. The molecule has 2 N–H and O–H groups in total. The normalized spacial score (nSPS) is 24.3. The highest BCUT2D eigenvalue weighted by Gasteiger charge is 2.39. The number of aryl methyl sites for hydroxylation is 1. The molecule has 2 atom stereocenters. The monoisotopic (exact) mass is 443 g/mol. The van der Waals surface area contributed by atoms with Crippen LogP contribution in [0.4, 0.5) is 0 Å². The van der Waals surface area contributed by atoms with E-state index in [0.717, 1.165) is 9.87 Å². The van der Waals surface area contributed by atoms with Gasteiger partial charge in [0.1, 0.15) is 6.04 Å². The Hall–Kier alpha value is -1.98.